The summed E-state index contributed by atoms with van der Waals surface area (Å²) in [6.07, 6.45) is 5.14. The molecule has 0 radical (unpaired) electrons. The summed E-state index contributed by atoms with van der Waals surface area (Å²) >= 11 is 5.91. The lowest BCUT2D eigenvalue weighted by atomic mass is 10.1. The van der Waals surface area contributed by atoms with Crippen molar-refractivity contribution in [3.05, 3.63) is 83.4 Å². The van der Waals surface area contributed by atoms with Gasteiger partial charge in [-0.1, -0.05) is 41.0 Å². The maximum atomic E-state index is 5.98. The highest BCUT2D eigenvalue weighted by Crippen LogP contribution is 2.21. The Hall–Kier alpha value is -2.79. The Labute approximate surface area is 145 Å². The minimum absolute atomic E-state index is 0.429. The van der Waals surface area contributed by atoms with Crippen LogP contribution in [-0.2, 0) is 11.4 Å². The van der Waals surface area contributed by atoms with E-state index in [1.54, 1.807) is 23.3 Å². The van der Waals surface area contributed by atoms with E-state index in [-0.39, 0.29) is 0 Å². The highest BCUT2D eigenvalue weighted by molar-refractivity contribution is 6.30. The second kappa shape index (κ2) is 7.66. The summed E-state index contributed by atoms with van der Waals surface area (Å²) < 4.78 is 7.75. The van der Waals surface area contributed by atoms with Gasteiger partial charge in [0, 0.05) is 17.4 Å². The van der Waals surface area contributed by atoms with Gasteiger partial charge in [-0.3, -0.25) is 4.57 Å². The van der Waals surface area contributed by atoms with E-state index in [0.29, 0.717) is 23.2 Å². The summed E-state index contributed by atoms with van der Waals surface area (Å²) in [4.78, 5) is 9.04. The molecule has 5 nitrogen and oxygen atoms in total. The highest BCUT2D eigenvalue weighted by Gasteiger charge is 2.13. The van der Waals surface area contributed by atoms with E-state index in [1.165, 1.54) is 7.11 Å². The van der Waals surface area contributed by atoms with E-state index in [2.05, 4.69) is 10.1 Å². The van der Waals surface area contributed by atoms with Crippen molar-refractivity contribution in [1.82, 2.24) is 9.55 Å². The summed E-state index contributed by atoms with van der Waals surface area (Å²) in [6.45, 7) is 0.429. The van der Waals surface area contributed by atoms with Crippen molar-refractivity contribution in [2.45, 2.75) is 6.61 Å². The smallest absolute Gasteiger partial charge is 0.188 e. The van der Waals surface area contributed by atoms with Crippen molar-refractivity contribution < 1.29 is 9.57 Å². The van der Waals surface area contributed by atoms with Crippen LogP contribution in [0, 0.1) is 0 Å². The maximum Gasteiger partial charge on any atom is 0.188 e. The molecule has 2 aromatic carbocycles. The van der Waals surface area contributed by atoms with Crippen molar-refractivity contribution >= 4 is 17.4 Å². The molecule has 1 aromatic heterocycles. The minimum atomic E-state index is 0.429. The molecule has 0 bridgehead atoms. The van der Waals surface area contributed by atoms with E-state index >= 15 is 0 Å². The summed E-state index contributed by atoms with van der Waals surface area (Å²) in [6, 6.07) is 15.2. The first-order valence-corrected chi connectivity index (χ1v) is 7.72. The van der Waals surface area contributed by atoms with E-state index in [9.17, 15) is 0 Å². The number of oxime groups is 1. The lowest BCUT2D eigenvalue weighted by molar-refractivity contribution is 0.212. The van der Waals surface area contributed by atoms with Crippen molar-refractivity contribution in [3.8, 4) is 5.75 Å². The van der Waals surface area contributed by atoms with Crippen molar-refractivity contribution in [2.24, 2.45) is 5.16 Å². The quantitative estimate of drug-likeness (QED) is 0.401. The fourth-order valence-electron chi connectivity index (χ4n) is 2.23. The minimum Gasteiger partial charge on any atom is -0.488 e. The second-order valence-corrected chi connectivity index (χ2v) is 5.42. The Morgan fingerprint density at radius 2 is 1.96 bits per heavy atom. The SMILES string of the molecule is CON=C(c1ccccc1OCc1ccc(Cl)cc1)n1ccnc1. The zero-order chi connectivity index (χ0) is 16.8. The third-order valence-corrected chi connectivity index (χ3v) is 3.61. The van der Waals surface area contributed by atoms with Crippen LogP contribution in [0.3, 0.4) is 0 Å². The fraction of sp³-hybridized carbons (Fsp3) is 0.111. The number of hydrogen-bond acceptors (Lipinski definition) is 4. The van der Waals surface area contributed by atoms with Crippen molar-refractivity contribution in [1.29, 1.82) is 0 Å². The zero-order valence-corrected chi connectivity index (χ0v) is 13.8. The normalized spacial score (nSPS) is 11.3. The lowest BCUT2D eigenvalue weighted by Gasteiger charge is -2.13. The topological polar surface area (TPSA) is 48.6 Å². The molecule has 1 heterocycles. The molecular weight excluding hydrogens is 326 g/mol. The van der Waals surface area contributed by atoms with Gasteiger partial charge >= 0.3 is 0 Å². The molecule has 0 saturated heterocycles. The van der Waals surface area contributed by atoms with Crippen LogP contribution >= 0.6 is 11.6 Å². The number of imidazole rings is 1. The third-order valence-electron chi connectivity index (χ3n) is 3.36. The van der Waals surface area contributed by atoms with Gasteiger partial charge in [-0.15, -0.1) is 0 Å². The first-order chi connectivity index (χ1) is 11.8. The van der Waals surface area contributed by atoms with Gasteiger partial charge in [-0.25, -0.2) is 4.98 Å². The van der Waals surface area contributed by atoms with Gasteiger partial charge in [0.1, 0.15) is 25.8 Å². The van der Waals surface area contributed by atoms with Crippen LogP contribution in [0.25, 0.3) is 0 Å². The average Bonchev–Trinajstić information content (AvgIpc) is 3.14. The first-order valence-electron chi connectivity index (χ1n) is 7.34. The van der Waals surface area contributed by atoms with Crippen LogP contribution in [0.4, 0.5) is 0 Å². The summed E-state index contributed by atoms with van der Waals surface area (Å²) in [5.74, 6) is 1.30. The molecule has 3 rings (SSSR count). The molecule has 0 aliphatic carbocycles. The number of ether oxygens (including phenoxy) is 1. The molecular formula is C18H16ClN3O2. The molecule has 0 atom stereocenters. The van der Waals surface area contributed by atoms with Crippen molar-refractivity contribution in [3.63, 3.8) is 0 Å². The van der Waals surface area contributed by atoms with E-state index < -0.39 is 0 Å². The van der Waals surface area contributed by atoms with Crippen LogP contribution in [0.15, 0.2) is 72.4 Å². The maximum absolute atomic E-state index is 5.98. The Kier molecular flexibility index (Phi) is 5.13. The fourth-order valence-corrected chi connectivity index (χ4v) is 2.35. The van der Waals surface area contributed by atoms with Gasteiger partial charge in [-0.05, 0) is 29.8 Å². The van der Waals surface area contributed by atoms with Gasteiger partial charge in [-0.2, -0.15) is 0 Å². The summed E-state index contributed by atoms with van der Waals surface area (Å²) in [5, 5.41) is 4.81. The summed E-state index contributed by atoms with van der Waals surface area (Å²) in [7, 11) is 1.51. The molecule has 0 saturated carbocycles. The molecule has 0 N–H and O–H groups in total. The molecule has 0 spiro atoms. The standard InChI is InChI=1S/C18H16ClN3O2/c1-23-21-18(22-11-10-20-13-22)16-4-2-3-5-17(16)24-12-14-6-8-15(19)9-7-14/h2-11,13H,12H2,1H3. The number of para-hydroxylation sites is 1. The van der Waals surface area contributed by atoms with Crippen LogP contribution in [0.2, 0.25) is 5.02 Å². The molecule has 0 amide bonds. The van der Waals surface area contributed by atoms with Gasteiger partial charge in [0.15, 0.2) is 5.84 Å². The lowest BCUT2D eigenvalue weighted by Crippen LogP contribution is -2.14. The van der Waals surface area contributed by atoms with E-state index in [1.807, 2.05) is 48.5 Å². The molecule has 3 aromatic rings. The van der Waals surface area contributed by atoms with Gasteiger partial charge < -0.3 is 9.57 Å². The predicted octanol–water partition coefficient (Wildman–Crippen LogP) is 3.97. The molecule has 0 aliphatic heterocycles. The third kappa shape index (κ3) is 3.75. The first kappa shape index (κ1) is 16.1. The number of nitrogens with zero attached hydrogens (tertiary/aromatic N) is 3. The van der Waals surface area contributed by atoms with E-state index in [0.717, 1.165) is 11.1 Å². The molecule has 0 fully saturated rings. The number of hydrogen-bond donors (Lipinski definition) is 0. The molecule has 0 unspecified atom stereocenters. The second-order valence-electron chi connectivity index (χ2n) is 4.98. The number of benzene rings is 2. The molecule has 6 heteroatoms. The zero-order valence-electron chi connectivity index (χ0n) is 13.1. The monoisotopic (exact) mass is 341 g/mol. The van der Waals surface area contributed by atoms with Crippen LogP contribution < -0.4 is 4.74 Å². The predicted molar refractivity (Wildman–Crippen MR) is 93.4 cm³/mol. The molecule has 122 valence electrons. The van der Waals surface area contributed by atoms with Gasteiger partial charge in [0.2, 0.25) is 0 Å². The largest absolute Gasteiger partial charge is 0.488 e. The van der Waals surface area contributed by atoms with E-state index in [4.69, 9.17) is 21.2 Å². The van der Waals surface area contributed by atoms with Gasteiger partial charge in [0.05, 0.1) is 5.56 Å². The molecule has 0 aliphatic rings. The van der Waals surface area contributed by atoms with Crippen molar-refractivity contribution in [2.75, 3.05) is 7.11 Å². The Morgan fingerprint density at radius 3 is 2.67 bits per heavy atom. The highest BCUT2D eigenvalue weighted by atomic mass is 35.5. The Morgan fingerprint density at radius 1 is 1.17 bits per heavy atom. The number of aromatic nitrogens is 2. The van der Waals surface area contributed by atoms with Crippen LogP contribution in [0.5, 0.6) is 5.75 Å². The average molecular weight is 342 g/mol. The Bertz CT molecular complexity index is 815. The Balaban J connectivity index is 1.87. The molecule has 24 heavy (non-hydrogen) atoms. The number of rotatable bonds is 5. The van der Waals surface area contributed by atoms with Crippen LogP contribution in [0.1, 0.15) is 11.1 Å². The van der Waals surface area contributed by atoms with Gasteiger partial charge in [0.25, 0.3) is 0 Å². The number of halogens is 1. The van der Waals surface area contributed by atoms with Crippen LogP contribution in [-0.4, -0.2) is 22.5 Å². The summed E-state index contributed by atoms with van der Waals surface area (Å²) in [5.41, 5.74) is 1.84.